The molecule has 1 aromatic rings. The van der Waals surface area contributed by atoms with Crippen molar-refractivity contribution in [1.29, 1.82) is 0 Å². The molecule has 1 aliphatic rings. The molecule has 2 heterocycles. The van der Waals surface area contributed by atoms with E-state index in [2.05, 4.69) is 22.6 Å². The molecule has 0 radical (unpaired) electrons. The molecule has 14 heavy (non-hydrogen) atoms. The number of nitrogens with zero attached hydrogens (tertiary/aromatic N) is 3. The van der Waals surface area contributed by atoms with Gasteiger partial charge >= 0.3 is 0 Å². The molecule has 1 saturated heterocycles. The molecule has 0 unspecified atom stereocenters. The Kier molecular flexibility index (Phi) is 2.41. The number of nitrogens with one attached hydrogen (secondary N) is 1. The zero-order chi connectivity index (χ0) is 10.0. The molecule has 5 nitrogen and oxygen atoms in total. The quantitative estimate of drug-likeness (QED) is 0.741. The summed E-state index contributed by atoms with van der Waals surface area (Å²) in [6.45, 7) is 4.17. The maximum absolute atomic E-state index is 5.91. The predicted molar refractivity (Wildman–Crippen MR) is 52.1 cm³/mol. The largest absolute Gasteiger partial charge is 0.470 e. The van der Waals surface area contributed by atoms with Crippen LogP contribution in [0.15, 0.2) is 6.20 Å². The molecule has 0 aliphatic carbocycles. The maximum atomic E-state index is 5.91. The average molecular weight is 196 g/mol. The molecule has 0 amide bonds. The summed E-state index contributed by atoms with van der Waals surface area (Å²) in [7, 11) is 1.84. The third-order valence-electron chi connectivity index (χ3n) is 2.69. The number of aromatic nitrogens is 3. The number of ether oxygens (including phenoxy) is 1. The Morgan fingerprint density at radius 2 is 2.21 bits per heavy atom. The Labute approximate surface area is 83.4 Å². The SMILES string of the molecule is Cn1nncc1OC1(C)CCNCC1. The first kappa shape index (κ1) is 9.45. The minimum Gasteiger partial charge on any atom is -0.470 e. The van der Waals surface area contributed by atoms with Gasteiger partial charge in [0.15, 0.2) is 0 Å². The highest BCUT2D eigenvalue weighted by Crippen LogP contribution is 2.24. The number of hydrogen-bond acceptors (Lipinski definition) is 4. The molecule has 78 valence electrons. The van der Waals surface area contributed by atoms with Crippen LogP contribution in [-0.4, -0.2) is 33.7 Å². The first-order valence-electron chi connectivity index (χ1n) is 4.94. The third-order valence-corrected chi connectivity index (χ3v) is 2.69. The normalized spacial score (nSPS) is 20.7. The smallest absolute Gasteiger partial charge is 0.232 e. The fourth-order valence-electron chi connectivity index (χ4n) is 1.68. The van der Waals surface area contributed by atoms with Crippen LogP contribution in [0.5, 0.6) is 5.88 Å². The second-order valence-electron chi connectivity index (χ2n) is 4.00. The summed E-state index contributed by atoms with van der Waals surface area (Å²) < 4.78 is 7.57. The van der Waals surface area contributed by atoms with E-state index in [4.69, 9.17) is 4.74 Å². The number of piperidine rings is 1. The third kappa shape index (κ3) is 1.87. The topological polar surface area (TPSA) is 52.0 Å². The fraction of sp³-hybridized carbons (Fsp3) is 0.778. The van der Waals surface area contributed by atoms with Crippen molar-refractivity contribution in [2.75, 3.05) is 13.1 Å². The van der Waals surface area contributed by atoms with Crippen molar-refractivity contribution in [2.24, 2.45) is 7.05 Å². The monoisotopic (exact) mass is 196 g/mol. The van der Waals surface area contributed by atoms with Gasteiger partial charge in [-0.15, -0.1) is 5.10 Å². The lowest BCUT2D eigenvalue weighted by Crippen LogP contribution is -2.44. The fourth-order valence-corrected chi connectivity index (χ4v) is 1.68. The molecule has 0 spiro atoms. The molecule has 0 bridgehead atoms. The van der Waals surface area contributed by atoms with Crippen molar-refractivity contribution in [1.82, 2.24) is 20.3 Å². The molecule has 0 aromatic carbocycles. The van der Waals surface area contributed by atoms with E-state index in [0.29, 0.717) is 0 Å². The van der Waals surface area contributed by atoms with E-state index >= 15 is 0 Å². The van der Waals surface area contributed by atoms with Crippen molar-refractivity contribution in [3.63, 3.8) is 0 Å². The van der Waals surface area contributed by atoms with Gasteiger partial charge in [-0.2, -0.15) is 0 Å². The summed E-state index contributed by atoms with van der Waals surface area (Å²) in [6.07, 6.45) is 3.71. The maximum Gasteiger partial charge on any atom is 0.232 e. The van der Waals surface area contributed by atoms with Crippen LogP contribution < -0.4 is 10.1 Å². The van der Waals surface area contributed by atoms with Crippen LogP contribution in [0.1, 0.15) is 19.8 Å². The lowest BCUT2D eigenvalue weighted by molar-refractivity contribution is 0.0465. The molecule has 5 heteroatoms. The minimum absolute atomic E-state index is 0.0687. The van der Waals surface area contributed by atoms with Crippen molar-refractivity contribution < 1.29 is 4.74 Å². The van der Waals surface area contributed by atoms with E-state index in [1.54, 1.807) is 10.9 Å². The second kappa shape index (κ2) is 3.57. The van der Waals surface area contributed by atoms with Gasteiger partial charge in [-0.1, -0.05) is 5.21 Å². The Bertz CT molecular complexity index is 304. The summed E-state index contributed by atoms with van der Waals surface area (Å²) in [5.74, 6) is 0.745. The van der Waals surface area contributed by atoms with Gasteiger partial charge in [-0.3, -0.25) is 0 Å². The van der Waals surface area contributed by atoms with E-state index in [1.165, 1.54) is 0 Å². The second-order valence-corrected chi connectivity index (χ2v) is 4.00. The van der Waals surface area contributed by atoms with E-state index in [1.807, 2.05) is 7.05 Å². The van der Waals surface area contributed by atoms with Gasteiger partial charge in [0.1, 0.15) is 11.8 Å². The minimum atomic E-state index is -0.0687. The molecule has 1 aliphatic heterocycles. The molecule has 2 rings (SSSR count). The number of hydrogen-bond donors (Lipinski definition) is 1. The summed E-state index contributed by atoms with van der Waals surface area (Å²) in [5, 5.41) is 10.9. The van der Waals surface area contributed by atoms with Gasteiger partial charge in [0.25, 0.3) is 0 Å². The van der Waals surface area contributed by atoms with Crippen molar-refractivity contribution in [2.45, 2.75) is 25.4 Å². The van der Waals surface area contributed by atoms with Crippen LogP contribution in [0.4, 0.5) is 0 Å². The Hall–Kier alpha value is -1.10. The van der Waals surface area contributed by atoms with Crippen LogP contribution >= 0.6 is 0 Å². The Morgan fingerprint density at radius 3 is 2.79 bits per heavy atom. The average Bonchev–Trinajstić information content (AvgIpc) is 2.52. The van der Waals surface area contributed by atoms with E-state index in [0.717, 1.165) is 31.8 Å². The first-order chi connectivity index (χ1) is 6.70. The molecular formula is C9H16N4O. The van der Waals surface area contributed by atoms with Gasteiger partial charge in [0.2, 0.25) is 5.88 Å². The summed E-state index contributed by atoms with van der Waals surface area (Å²) in [6, 6.07) is 0. The lowest BCUT2D eigenvalue weighted by Gasteiger charge is -2.34. The van der Waals surface area contributed by atoms with Crippen LogP contribution in [0.25, 0.3) is 0 Å². The molecule has 1 N–H and O–H groups in total. The van der Waals surface area contributed by atoms with E-state index in [9.17, 15) is 0 Å². The van der Waals surface area contributed by atoms with Crippen LogP contribution in [0.2, 0.25) is 0 Å². The summed E-state index contributed by atoms with van der Waals surface area (Å²) >= 11 is 0. The molecule has 1 fully saturated rings. The zero-order valence-corrected chi connectivity index (χ0v) is 8.66. The van der Waals surface area contributed by atoms with Crippen molar-refractivity contribution >= 4 is 0 Å². The zero-order valence-electron chi connectivity index (χ0n) is 8.66. The molecular weight excluding hydrogens is 180 g/mol. The Balaban J connectivity index is 2.05. The van der Waals surface area contributed by atoms with Gasteiger partial charge in [-0.05, 0) is 32.9 Å². The van der Waals surface area contributed by atoms with Gasteiger partial charge < -0.3 is 10.1 Å². The standard InChI is InChI=1S/C9H16N4O/c1-9(3-5-10-6-4-9)14-8-7-11-12-13(8)2/h7,10H,3-6H2,1-2H3. The van der Waals surface area contributed by atoms with E-state index < -0.39 is 0 Å². The summed E-state index contributed by atoms with van der Waals surface area (Å²) in [5.41, 5.74) is -0.0687. The lowest BCUT2D eigenvalue weighted by atomic mass is 9.95. The van der Waals surface area contributed by atoms with Crippen LogP contribution in [-0.2, 0) is 7.05 Å². The van der Waals surface area contributed by atoms with Gasteiger partial charge in [0, 0.05) is 7.05 Å². The van der Waals surface area contributed by atoms with Crippen molar-refractivity contribution in [3.05, 3.63) is 6.20 Å². The summed E-state index contributed by atoms with van der Waals surface area (Å²) in [4.78, 5) is 0. The predicted octanol–water partition coefficient (Wildman–Crippen LogP) is 0.336. The number of aryl methyl sites for hydroxylation is 1. The highest BCUT2D eigenvalue weighted by molar-refractivity contribution is 5.04. The molecule has 0 atom stereocenters. The first-order valence-corrected chi connectivity index (χ1v) is 4.94. The molecule has 0 saturated carbocycles. The van der Waals surface area contributed by atoms with Gasteiger partial charge in [-0.25, -0.2) is 4.68 Å². The van der Waals surface area contributed by atoms with E-state index in [-0.39, 0.29) is 5.60 Å². The van der Waals surface area contributed by atoms with Crippen LogP contribution in [0.3, 0.4) is 0 Å². The highest BCUT2D eigenvalue weighted by atomic mass is 16.5. The highest BCUT2D eigenvalue weighted by Gasteiger charge is 2.29. The van der Waals surface area contributed by atoms with Gasteiger partial charge in [0.05, 0.1) is 0 Å². The van der Waals surface area contributed by atoms with Crippen LogP contribution in [0, 0.1) is 0 Å². The number of rotatable bonds is 2. The Morgan fingerprint density at radius 1 is 1.50 bits per heavy atom. The molecule has 1 aromatic heterocycles. The van der Waals surface area contributed by atoms with Crippen molar-refractivity contribution in [3.8, 4) is 5.88 Å².